The molecular formula is C22H24N6O. The maximum absolute atomic E-state index is 6.25. The first-order valence-corrected chi connectivity index (χ1v) is 10.1. The summed E-state index contributed by atoms with van der Waals surface area (Å²) in [6, 6.07) is 10.1. The Morgan fingerprint density at radius 1 is 1.17 bits per heavy atom. The summed E-state index contributed by atoms with van der Waals surface area (Å²) in [5, 5.41) is 9.30. The van der Waals surface area contributed by atoms with E-state index in [1.165, 1.54) is 6.33 Å². The van der Waals surface area contributed by atoms with E-state index in [1.54, 1.807) is 0 Å². The molecule has 2 unspecified atom stereocenters. The van der Waals surface area contributed by atoms with Crippen LogP contribution in [0, 0.1) is 0 Å². The van der Waals surface area contributed by atoms with Crippen LogP contribution >= 0.6 is 0 Å². The summed E-state index contributed by atoms with van der Waals surface area (Å²) in [4.78, 5) is 8.75. The number of nitrogen functional groups attached to an aromatic ring is 1. The second kappa shape index (κ2) is 7.67. The van der Waals surface area contributed by atoms with Gasteiger partial charge in [0.15, 0.2) is 5.65 Å². The fourth-order valence-corrected chi connectivity index (χ4v) is 4.08. The van der Waals surface area contributed by atoms with Gasteiger partial charge in [-0.25, -0.2) is 14.6 Å². The zero-order valence-corrected chi connectivity index (χ0v) is 16.2. The topological polar surface area (TPSA) is 90.9 Å². The molecule has 3 heterocycles. The van der Waals surface area contributed by atoms with E-state index < -0.39 is 0 Å². The van der Waals surface area contributed by atoms with Crippen LogP contribution in [-0.4, -0.2) is 32.8 Å². The van der Waals surface area contributed by atoms with Crippen LogP contribution in [0.4, 0.5) is 5.82 Å². The molecule has 7 nitrogen and oxygen atoms in total. The number of rotatable bonds is 4. The molecule has 5 rings (SSSR count). The molecule has 0 radical (unpaired) electrons. The molecule has 3 aromatic rings. The van der Waals surface area contributed by atoms with E-state index in [-0.39, 0.29) is 12.0 Å². The normalized spacial score (nSPS) is 21.9. The number of para-hydroxylation sites is 1. The van der Waals surface area contributed by atoms with Crippen LogP contribution in [0.5, 0.6) is 5.75 Å². The lowest BCUT2D eigenvalue weighted by molar-refractivity contribution is 0.351. The van der Waals surface area contributed by atoms with E-state index in [1.807, 2.05) is 41.1 Å². The third kappa shape index (κ3) is 3.49. The molecule has 148 valence electrons. The number of fused-ring (bicyclic) bond motifs is 1. The predicted molar refractivity (Wildman–Crippen MR) is 113 cm³/mol. The molecule has 1 fully saturated rings. The molecule has 1 saturated heterocycles. The predicted octanol–water partition coefficient (Wildman–Crippen LogP) is 3.34. The molecule has 1 aliphatic heterocycles. The van der Waals surface area contributed by atoms with Crippen molar-refractivity contribution < 1.29 is 4.74 Å². The Labute approximate surface area is 169 Å². The van der Waals surface area contributed by atoms with Crippen LogP contribution in [0.15, 0.2) is 60.6 Å². The summed E-state index contributed by atoms with van der Waals surface area (Å²) < 4.78 is 7.99. The first-order chi connectivity index (χ1) is 14.3. The summed E-state index contributed by atoms with van der Waals surface area (Å²) in [6.07, 6.45) is 10.8. The van der Waals surface area contributed by atoms with Crippen molar-refractivity contribution in [3.8, 4) is 5.75 Å². The van der Waals surface area contributed by atoms with Crippen LogP contribution in [-0.2, 0) is 0 Å². The minimum atomic E-state index is 0.117. The van der Waals surface area contributed by atoms with Crippen molar-refractivity contribution >= 4 is 16.9 Å². The van der Waals surface area contributed by atoms with Crippen molar-refractivity contribution in [1.29, 1.82) is 0 Å². The molecule has 0 amide bonds. The highest BCUT2D eigenvalue weighted by Gasteiger charge is 2.26. The Balaban J connectivity index is 1.44. The van der Waals surface area contributed by atoms with Gasteiger partial charge in [-0.3, -0.25) is 0 Å². The highest BCUT2D eigenvalue weighted by molar-refractivity contribution is 5.89. The summed E-state index contributed by atoms with van der Waals surface area (Å²) in [6.45, 7) is 1.95. The van der Waals surface area contributed by atoms with Gasteiger partial charge in [0.05, 0.1) is 17.1 Å². The van der Waals surface area contributed by atoms with E-state index in [2.05, 4.69) is 27.4 Å². The second-order valence-corrected chi connectivity index (χ2v) is 7.51. The molecule has 29 heavy (non-hydrogen) atoms. The van der Waals surface area contributed by atoms with Gasteiger partial charge in [-0.1, -0.05) is 24.3 Å². The van der Waals surface area contributed by atoms with Crippen molar-refractivity contribution in [2.75, 3.05) is 18.8 Å². The Morgan fingerprint density at radius 3 is 2.83 bits per heavy atom. The lowest BCUT2D eigenvalue weighted by Gasteiger charge is -2.23. The Hall–Kier alpha value is -3.19. The second-order valence-electron chi connectivity index (χ2n) is 7.51. The van der Waals surface area contributed by atoms with Crippen LogP contribution < -0.4 is 15.8 Å². The number of hydrogen-bond acceptors (Lipinski definition) is 6. The van der Waals surface area contributed by atoms with E-state index in [4.69, 9.17) is 15.6 Å². The number of nitrogens with two attached hydrogens (primary N) is 1. The van der Waals surface area contributed by atoms with Gasteiger partial charge in [-0.05, 0) is 50.1 Å². The van der Waals surface area contributed by atoms with Gasteiger partial charge >= 0.3 is 0 Å². The largest absolute Gasteiger partial charge is 0.458 e. The van der Waals surface area contributed by atoms with E-state index in [9.17, 15) is 0 Å². The number of nitrogens with zero attached hydrogens (tertiary/aromatic N) is 4. The van der Waals surface area contributed by atoms with Gasteiger partial charge in [0.2, 0.25) is 0 Å². The van der Waals surface area contributed by atoms with Crippen molar-refractivity contribution in [3.05, 3.63) is 66.3 Å². The molecule has 0 saturated carbocycles. The maximum atomic E-state index is 6.25. The minimum absolute atomic E-state index is 0.117. The van der Waals surface area contributed by atoms with Gasteiger partial charge in [0.25, 0.3) is 0 Å². The Bertz CT molecular complexity index is 1070. The van der Waals surface area contributed by atoms with E-state index in [0.29, 0.717) is 5.82 Å². The van der Waals surface area contributed by atoms with E-state index >= 15 is 0 Å². The number of allylic oxidation sites excluding steroid dienone is 3. The van der Waals surface area contributed by atoms with Crippen molar-refractivity contribution in [1.82, 2.24) is 25.1 Å². The highest BCUT2D eigenvalue weighted by Crippen LogP contribution is 2.35. The molecule has 2 atom stereocenters. The zero-order chi connectivity index (χ0) is 19.6. The number of nitrogens with one attached hydrogen (secondary N) is 1. The average Bonchev–Trinajstić information content (AvgIpc) is 3.17. The van der Waals surface area contributed by atoms with Gasteiger partial charge in [-0.2, -0.15) is 5.10 Å². The van der Waals surface area contributed by atoms with Crippen LogP contribution in [0.25, 0.3) is 11.0 Å². The lowest BCUT2D eigenvalue weighted by atomic mass is 9.95. The van der Waals surface area contributed by atoms with Gasteiger partial charge in [0, 0.05) is 12.5 Å². The van der Waals surface area contributed by atoms with Gasteiger partial charge < -0.3 is 15.8 Å². The molecule has 3 N–H and O–H groups in total. The molecule has 2 aromatic heterocycles. The standard InChI is InChI=1S/C22H24N6O/c23-21-19-20(15-8-10-18(11-9-15)29-17-6-2-1-3-7-17)27-28(22(19)26-14-25-21)16-5-4-12-24-13-16/h1-3,6-8,10-11,14-16,24H,4-5,9,12-13H2,(H2,23,25,26). The zero-order valence-electron chi connectivity index (χ0n) is 16.2. The molecule has 0 spiro atoms. The fraction of sp³-hybridized carbons (Fsp3) is 0.318. The summed E-state index contributed by atoms with van der Waals surface area (Å²) >= 11 is 0. The first kappa shape index (κ1) is 17.9. The average molecular weight is 388 g/mol. The van der Waals surface area contributed by atoms with Gasteiger partial charge in [-0.15, -0.1) is 0 Å². The first-order valence-electron chi connectivity index (χ1n) is 10.1. The number of anilines is 1. The van der Waals surface area contributed by atoms with Crippen molar-refractivity contribution in [3.63, 3.8) is 0 Å². The number of hydrogen-bond donors (Lipinski definition) is 2. The summed E-state index contributed by atoms with van der Waals surface area (Å²) in [7, 11) is 0. The lowest BCUT2D eigenvalue weighted by Crippen LogP contribution is -2.32. The fourth-order valence-electron chi connectivity index (χ4n) is 4.08. The Kier molecular flexibility index (Phi) is 4.73. The van der Waals surface area contributed by atoms with Crippen LogP contribution in [0.1, 0.15) is 36.9 Å². The minimum Gasteiger partial charge on any atom is -0.458 e. The molecular weight excluding hydrogens is 364 g/mol. The van der Waals surface area contributed by atoms with Crippen LogP contribution in [0.2, 0.25) is 0 Å². The molecule has 2 aliphatic rings. The SMILES string of the molecule is Nc1ncnc2c1c(C1C=CC(Oc3ccccc3)=CC1)nn2C1CCCNC1. The monoisotopic (exact) mass is 388 g/mol. The molecule has 1 aromatic carbocycles. The number of aromatic nitrogens is 4. The summed E-state index contributed by atoms with van der Waals surface area (Å²) in [5.74, 6) is 2.28. The van der Waals surface area contributed by atoms with E-state index in [0.717, 1.165) is 60.6 Å². The third-order valence-corrected chi connectivity index (χ3v) is 5.56. The maximum Gasteiger partial charge on any atom is 0.163 e. The number of piperidine rings is 1. The van der Waals surface area contributed by atoms with Crippen molar-refractivity contribution in [2.45, 2.75) is 31.2 Å². The molecule has 0 bridgehead atoms. The molecule has 7 heteroatoms. The number of ether oxygens (including phenoxy) is 1. The van der Waals surface area contributed by atoms with Gasteiger partial charge in [0.1, 0.15) is 23.7 Å². The highest BCUT2D eigenvalue weighted by atomic mass is 16.5. The molecule has 1 aliphatic carbocycles. The smallest absolute Gasteiger partial charge is 0.163 e. The Morgan fingerprint density at radius 2 is 2.07 bits per heavy atom. The van der Waals surface area contributed by atoms with Crippen molar-refractivity contribution in [2.24, 2.45) is 0 Å². The number of benzene rings is 1. The summed E-state index contributed by atoms with van der Waals surface area (Å²) in [5.41, 5.74) is 8.02. The third-order valence-electron chi connectivity index (χ3n) is 5.56. The van der Waals surface area contributed by atoms with Crippen LogP contribution in [0.3, 0.4) is 0 Å². The quantitative estimate of drug-likeness (QED) is 0.712.